The number of carbonyl (C=O) groups is 2. The molecule has 14 heteroatoms. The van der Waals surface area contributed by atoms with Gasteiger partial charge in [-0.05, 0) is 51.3 Å². The van der Waals surface area contributed by atoms with Gasteiger partial charge in [-0.15, -0.1) is 0 Å². The summed E-state index contributed by atoms with van der Waals surface area (Å²) in [6.45, 7) is 6.59. The molecular formula is C25H28F3N9O2. The van der Waals surface area contributed by atoms with E-state index in [-0.39, 0.29) is 23.3 Å². The summed E-state index contributed by atoms with van der Waals surface area (Å²) in [5.74, 6) is -0.306. The summed E-state index contributed by atoms with van der Waals surface area (Å²) < 4.78 is 43.2. The molecular weight excluding hydrogens is 515 g/mol. The maximum Gasteiger partial charge on any atom is 0.410 e. The minimum absolute atomic E-state index is 0.0889. The van der Waals surface area contributed by atoms with Crippen LogP contribution in [-0.4, -0.2) is 77.0 Å². The van der Waals surface area contributed by atoms with Crippen molar-refractivity contribution < 1.29 is 22.8 Å². The molecule has 1 fully saturated rings. The quantitative estimate of drug-likeness (QED) is 0.518. The largest absolute Gasteiger partial charge is 0.410 e. The maximum atomic E-state index is 13.6. The Morgan fingerprint density at radius 1 is 1.23 bits per heavy atom. The third-order valence-corrected chi connectivity index (χ3v) is 7.27. The maximum absolute atomic E-state index is 13.6. The first-order valence-corrected chi connectivity index (χ1v) is 12.3. The molecule has 3 aromatic rings. The zero-order chi connectivity index (χ0) is 28.3. The predicted octanol–water partition coefficient (Wildman–Crippen LogP) is 2.59. The van der Waals surface area contributed by atoms with Gasteiger partial charge in [-0.2, -0.15) is 23.4 Å². The van der Waals surface area contributed by atoms with Gasteiger partial charge in [-0.1, -0.05) is 0 Å². The molecule has 39 heavy (non-hydrogen) atoms. The number of hydrogen-bond donors (Lipinski definition) is 2. The van der Waals surface area contributed by atoms with E-state index in [0.717, 1.165) is 11.6 Å². The molecule has 0 radical (unpaired) electrons. The fourth-order valence-electron chi connectivity index (χ4n) is 5.18. The number of nitrogen functional groups attached to an aromatic ring is 1. The molecule has 206 valence electrons. The van der Waals surface area contributed by atoms with Crippen LogP contribution in [0.25, 0.3) is 22.3 Å². The van der Waals surface area contributed by atoms with Crippen molar-refractivity contribution in [3.63, 3.8) is 0 Å². The highest BCUT2D eigenvalue weighted by molar-refractivity contribution is 5.93. The van der Waals surface area contributed by atoms with Gasteiger partial charge in [0.15, 0.2) is 5.82 Å². The van der Waals surface area contributed by atoms with Crippen LogP contribution in [0, 0.1) is 0 Å². The van der Waals surface area contributed by atoms with Gasteiger partial charge in [0.2, 0.25) is 11.8 Å². The van der Waals surface area contributed by atoms with Gasteiger partial charge in [-0.3, -0.25) is 14.3 Å². The molecule has 11 nitrogen and oxygen atoms in total. The van der Waals surface area contributed by atoms with Crippen LogP contribution in [-0.2, 0) is 9.59 Å². The SMILES string of the molecule is CC(=O)N1CCN(C2C=C(c3cc(-c4ccnn4[C@H](C)C(F)(F)F)c4c(N)ncnn34)C=CN2)C(=O)C1(C)C. The average Bonchev–Trinajstić information content (AvgIpc) is 3.50. The van der Waals surface area contributed by atoms with E-state index in [1.807, 2.05) is 6.08 Å². The van der Waals surface area contributed by atoms with Gasteiger partial charge in [0.25, 0.3) is 0 Å². The van der Waals surface area contributed by atoms with E-state index >= 15 is 0 Å². The molecule has 0 aromatic carbocycles. The minimum Gasteiger partial charge on any atom is -0.382 e. The summed E-state index contributed by atoms with van der Waals surface area (Å²) in [5.41, 5.74) is 7.29. The number of halogens is 3. The second kappa shape index (κ2) is 9.13. The Bertz CT molecular complexity index is 1520. The van der Waals surface area contributed by atoms with Crippen molar-refractivity contribution in [1.82, 2.24) is 39.5 Å². The molecule has 2 aliphatic rings. The number of hydrogen-bond acceptors (Lipinski definition) is 7. The van der Waals surface area contributed by atoms with Crippen LogP contribution < -0.4 is 11.1 Å². The number of dihydropyridines is 1. The lowest BCUT2D eigenvalue weighted by Gasteiger charge is -2.47. The van der Waals surface area contributed by atoms with Crippen molar-refractivity contribution in [2.45, 2.75) is 51.6 Å². The van der Waals surface area contributed by atoms with Gasteiger partial charge in [0.05, 0.1) is 11.4 Å². The molecule has 0 spiro atoms. The van der Waals surface area contributed by atoms with Crippen LogP contribution in [0.1, 0.15) is 39.4 Å². The third-order valence-electron chi connectivity index (χ3n) is 7.27. The number of carbonyl (C=O) groups excluding carboxylic acids is 2. The summed E-state index contributed by atoms with van der Waals surface area (Å²) in [5, 5.41) is 11.4. The Balaban J connectivity index is 1.58. The first-order chi connectivity index (χ1) is 18.3. The molecule has 0 bridgehead atoms. The zero-order valence-electron chi connectivity index (χ0n) is 21.8. The number of amides is 2. The van der Waals surface area contributed by atoms with E-state index in [1.54, 1.807) is 42.0 Å². The second-order valence-electron chi connectivity index (χ2n) is 10.0. The normalized spacial score (nSPS) is 20.2. The van der Waals surface area contributed by atoms with E-state index in [2.05, 4.69) is 20.5 Å². The lowest BCUT2D eigenvalue weighted by atomic mass is 9.96. The van der Waals surface area contributed by atoms with Crippen molar-refractivity contribution in [2.24, 2.45) is 0 Å². The molecule has 2 atom stereocenters. The number of alkyl halides is 3. The summed E-state index contributed by atoms with van der Waals surface area (Å²) in [7, 11) is 0. The van der Waals surface area contributed by atoms with Crippen LogP contribution in [0.15, 0.2) is 43.0 Å². The van der Waals surface area contributed by atoms with E-state index in [9.17, 15) is 22.8 Å². The summed E-state index contributed by atoms with van der Waals surface area (Å²) in [4.78, 5) is 32.7. The van der Waals surface area contributed by atoms with Crippen LogP contribution in [0.2, 0.25) is 0 Å². The smallest absolute Gasteiger partial charge is 0.382 e. The van der Waals surface area contributed by atoms with E-state index in [0.29, 0.717) is 35.4 Å². The lowest BCUT2D eigenvalue weighted by Crippen LogP contribution is -2.67. The van der Waals surface area contributed by atoms with Crippen molar-refractivity contribution in [3.05, 3.63) is 48.7 Å². The number of anilines is 1. The Hall–Kier alpha value is -4.36. The monoisotopic (exact) mass is 543 g/mol. The highest BCUT2D eigenvalue weighted by Crippen LogP contribution is 2.38. The van der Waals surface area contributed by atoms with Gasteiger partial charge >= 0.3 is 6.18 Å². The van der Waals surface area contributed by atoms with Gasteiger partial charge in [0.1, 0.15) is 29.6 Å². The molecule has 3 aromatic heterocycles. The molecule has 1 unspecified atom stereocenters. The van der Waals surface area contributed by atoms with Gasteiger partial charge in [0, 0.05) is 37.3 Å². The van der Waals surface area contributed by atoms with Crippen molar-refractivity contribution >= 4 is 28.7 Å². The number of allylic oxidation sites excluding steroid dienone is 2. The molecule has 1 saturated heterocycles. The van der Waals surface area contributed by atoms with Crippen molar-refractivity contribution in [2.75, 3.05) is 18.8 Å². The number of nitrogens with one attached hydrogen (secondary N) is 1. The first kappa shape index (κ1) is 26.3. The van der Waals surface area contributed by atoms with E-state index < -0.39 is 23.9 Å². The fourth-order valence-corrected chi connectivity index (χ4v) is 5.18. The van der Waals surface area contributed by atoms with Crippen LogP contribution in [0.5, 0.6) is 0 Å². The molecule has 2 amide bonds. The molecule has 3 N–H and O–H groups in total. The van der Waals surface area contributed by atoms with Gasteiger partial charge in [-0.25, -0.2) is 9.50 Å². The van der Waals surface area contributed by atoms with E-state index in [4.69, 9.17) is 5.73 Å². The standard InChI is InChI=1S/C25H28F3N9O2/c1-14(25(26,27)28)36-18(6-8-32-36)17-12-19(37-21(17)22(29)31-13-33-37)16-5-7-30-20(11-16)34-9-10-35(15(2)38)24(3,4)23(34)39/h5-8,11-14,20,30H,9-10H2,1-4H3,(H2,29,31,33)/t14-,20?/m1/s1. The number of fused-ring (bicyclic) bond motifs is 1. The zero-order valence-corrected chi connectivity index (χ0v) is 21.8. The number of aromatic nitrogens is 5. The molecule has 2 aliphatic heterocycles. The highest BCUT2D eigenvalue weighted by atomic mass is 19.4. The van der Waals surface area contributed by atoms with Crippen LogP contribution >= 0.6 is 0 Å². The predicted molar refractivity (Wildman–Crippen MR) is 137 cm³/mol. The van der Waals surface area contributed by atoms with Crippen LogP contribution in [0.4, 0.5) is 19.0 Å². The van der Waals surface area contributed by atoms with Crippen molar-refractivity contribution in [3.8, 4) is 11.3 Å². The Morgan fingerprint density at radius 3 is 2.67 bits per heavy atom. The first-order valence-electron chi connectivity index (χ1n) is 12.3. The average molecular weight is 544 g/mol. The Kier molecular flexibility index (Phi) is 6.15. The summed E-state index contributed by atoms with van der Waals surface area (Å²) >= 11 is 0. The topological polar surface area (TPSA) is 127 Å². The molecule has 0 aliphatic carbocycles. The number of piperazine rings is 1. The van der Waals surface area contributed by atoms with Gasteiger partial charge < -0.3 is 20.9 Å². The third kappa shape index (κ3) is 4.29. The lowest BCUT2D eigenvalue weighted by molar-refractivity contribution is -0.165. The molecule has 0 saturated carbocycles. The summed E-state index contributed by atoms with van der Waals surface area (Å²) in [6, 6.07) is 1.30. The summed E-state index contributed by atoms with van der Waals surface area (Å²) in [6.07, 6.45) is 2.82. The Labute approximate surface area is 221 Å². The molecule has 5 rings (SSSR count). The second-order valence-corrected chi connectivity index (χ2v) is 10.0. The minimum atomic E-state index is -4.51. The highest BCUT2D eigenvalue weighted by Gasteiger charge is 2.45. The number of nitrogens with zero attached hydrogens (tertiary/aromatic N) is 7. The fraction of sp³-hybridized carbons (Fsp3) is 0.400. The van der Waals surface area contributed by atoms with Crippen LogP contribution in [0.3, 0.4) is 0 Å². The number of nitrogens with two attached hydrogens (primary N) is 1. The van der Waals surface area contributed by atoms with E-state index in [1.165, 1.54) is 30.0 Å². The molecule has 5 heterocycles. The Morgan fingerprint density at radius 2 is 1.97 bits per heavy atom. The number of rotatable bonds is 4. The van der Waals surface area contributed by atoms with Crippen molar-refractivity contribution in [1.29, 1.82) is 0 Å².